The molecule has 2 amide bonds. The van der Waals surface area contributed by atoms with Crippen molar-refractivity contribution in [2.24, 2.45) is 0 Å². The largest absolute Gasteiger partial charge is 0.469 e. The summed E-state index contributed by atoms with van der Waals surface area (Å²) in [6.07, 6.45) is -0.0545. The first-order valence-corrected chi connectivity index (χ1v) is 7.80. The lowest BCUT2D eigenvalue weighted by Gasteiger charge is -2.19. The van der Waals surface area contributed by atoms with Gasteiger partial charge in [0.05, 0.1) is 31.2 Å². The molecule has 2 aromatic rings. The summed E-state index contributed by atoms with van der Waals surface area (Å²) in [5.41, 5.74) is 1.63. The average Bonchev–Trinajstić information content (AvgIpc) is 2.62. The summed E-state index contributed by atoms with van der Waals surface area (Å²) in [6, 6.07) is 14.2. The number of hydrogen-bond donors (Lipinski definition) is 2. The molecule has 0 heterocycles. The fourth-order valence-electron chi connectivity index (χ4n) is 2.20. The van der Waals surface area contributed by atoms with Crippen LogP contribution in [0.15, 0.2) is 48.5 Å². The molecular formula is C18H16ClN3O3. The Bertz CT molecular complexity index is 800. The second-order valence-electron chi connectivity index (χ2n) is 5.14. The molecule has 0 radical (unpaired) electrons. The van der Waals surface area contributed by atoms with Crippen LogP contribution in [0.5, 0.6) is 0 Å². The Hall–Kier alpha value is -3.04. The third kappa shape index (κ3) is 5.23. The van der Waals surface area contributed by atoms with E-state index in [1.54, 1.807) is 48.5 Å². The number of hydrogen-bond acceptors (Lipinski definition) is 4. The van der Waals surface area contributed by atoms with Crippen LogP contribution in [0.1, 0.15) is 23.6 Å². The van der Waals surface area contributed by atoms with Crippen LogP contribution < -0.4 is 10.6 Å². The van der Waals surface area contributed by atoms with E-state index < -0.39 is 18.0 Å². The summed E-state index contributed by atoms with van der Waals surface area (Å²) in [5.74, 6) is -0.469. The van der Waals surface area contributed by atoms with E-state index >= 15 is 0 Å². The molecule has 7 heteroatoms. The van der Waals surface area contributed by atoms with Crippen LogP contribution in [-0.4, -0.2) is 19.1 Å². The van der Waals surface area contributed by atoms with Gasteiger partial charge < -0.3 is 15.4 Å². The summed E-state index contributed by atoms with van der Waals surface area (Å²) >= 11 is 6.17. The van der Waals surface area contributed by atoms with E-state index in [0.29, 0.717) is 21.8 Å². The van der Waals surface area contributed by atoms with Gasteiger partial charge in [-0.25, -0.2) is 4.79 Å². The Labute approximate surface area is 150 Å². The smallest absolute Gasteiger partial charge is 0.319 e. The Morgan fingerprint density at radius 1 is 1.20 bits per heavy atom. The van der Waals surface area contributed by atoms with Crippen LogP contribution in [0.3, 0.4) is 0 Å². The molecule has 0 bridgehead atoms. The molecule has 1 unspecified atom stereocenters. The van der Waals surface area contributed by atoms with Crippen molar-refractivity contribution < 1.29 is 14.3 Å². The maximum absolute atomic E-state index is 12.2. The summed E-state index contributed by atoms with van der Waals surface area (Å²) in [4.78, 5) is 23.9. The maximum Gasteiger partial charge on any atom is 0.319 e. The molecule has 0 spiro atoms. The zero-order chi connectivity index (χ0) is 18.2. The van der Waals surface area contributed by atoms with Gasteiger partial charge in [-0.3, -0.25) is 4.79 Å². The molecule has 0 aliphatic carbocycles. The van der Waals surface area contributed by atoms with E-state index in [1.807, 2.05) is 6.07 Å². The number of anilines is 1. The summed E-state index contributed by atoms with van der Waals surface area (Å²) < 4.78 is 4.68. The average molecular weight is 358 g/mol. The van der Waals surface area contributed by atoms with Gasteiger partial charge in [0.2, 0.25) is 0 Å². The molecule has 0 saturated heterocycles. The molecule has 1 atom stereocenters. The number of ether oxygens (including phenoxy) is 1. The number of nitriles is 1. The third-order valence-electron chi connectivity index (χ3n) is 3.46. The highest BCUT2D eigenvalue weighted by molar-refractivity contribution is 6.31. The zero-order valence-electron chi connectivity index (χ0n) is 13.5. The monoisotopic (exact) mass is 357 g/mol. The summed E-state index contributed by atoms with van der Waals surface area (Å²) in [6.45, 7) is 0. The van der Waals surface area contributed by atoms with Gasteiger partial charge in [0.25, 0.3) is 0 Å². The van der Waals surface area contributed by atoms with Crippen molar-refractivity contribution in [1.29, 1.82) is 5.26 Å². The molecule has 2 rings (SSSR count). The van der Waals surface area contributed by atoms with Crippen molar-refractivity contribution in [3.8, 4) is 6.07 Å². The van der Waals surface area contributed by atoms with Crippen molar-refractivity contribution in [2.45, 2.75) is 12.5 Å². The van der Waals surface area contributed by atoms with Gasteiger partial charge >= 0.3 is 12.0 Å². The molecule has 0 aliphatic rings. The van der Waals surface area contributed by atoms with E-state index in [0.717, 1.165) is 0 Å². The Morgan fingerprint density at radius 2 is 1.88 bits per heavy atom. The van der Waals surface area contributed by atoms with Crippen molar-refractivity contribution in [1.82, 2.24) is 5.32 Å². The quantitative estimate of drug-likeness (QED) is 0.799. The van der Waals surface area contributed by atoms with Crippen molar-refractivity contribution in [3.05, 3.63) is 64.7 Å². The number of nitrogens with zero attached hydrogens (tertiary/aromatic N) is 1. The lowest BCUT2D eigenvalue weighted by Crippen LogP contribution is -2.34. The molecule has 0 fully saturated rings. The van der Waals surface area contributed by atoms with Crippen molar-refractivity contribution >= 4 is 29.3 Å². The van der Waals surface area contributed by atoms with E-state index in [9.17, 15) is 9.59 Å². The van der Waals surface area contributed by atoms with E-state index in [4.69, 9.17) is 16.9 Å². The maximum atomic E-state index is 12.2. The zero-order valence-corrected chi connectivity index (χ0v) is 14.2. The number of nitrogens with one attached hydrogen (secondary N) is 2. The lowest BCUT2D eigenvalue weighted by atomic mass is 10.0. The number of carbonyl (C=O) groups excluding carboxylic acids is 2. The molecule has 0 saturated carbocycles. The van der Waals surface area contributed by atoms with Gasteiger partial charge in [-0.05, 0) is 35.9 Å². The van der Waals surface area contributed by atoms with Gasteiger partial charge in [0.1, 0.15) is 0 Å². The van der Waals surface area contributed by atoms with E-state index in [2.05, 4.69) is 15.4 Å². The Morgan fingerprint density at radius 3 is 2.48 bits per heavy atom. The number of methoxy groups -OCH3 is 1. The van der Waals surface area contributed by atoms with Gasteiger partial charge in [0, 0.05) is 10.7 Å². The van der Waals surface area contributed by atoms with Crippen LogP contribution in [-0.2, 0) is 9.53 Å². The molecule has 2 N–H and O–H groups in total. The van der Waals surface area contributed by atoms with Crippen LogP contribution in [0.4, 0.5) is 10.5 Å². The van der Waals surface area contributed by atoms with Crippen LogP contribution in [0, 0.1) is 11.3 Å². The molecule has 0 aromatic heterocycles. The lowest BCUT2D eigenvalue weighted by molar-refractivity contribution is -0.141. The number of esters is 1. The molecule has 6 nitrogen and oxygen atoms in total. The third-order valence-corrected chi connectivity index (χ3v) is 3.80. The minimum absolute atomic E-state index is 0.0545. The van der Waals surface area contributed by atoms with Gasteiger partial charge in [0.15, 0.2) is 0 Å². The second-order valence-corrected chi connectivity index (χ2v) is 5.55. The first kappa shape index (κ1) is 18.3. The van der Waals surface area contributed by atoms with Crippen LogP contribution in [0.25, 0.3) is 0 Å². The Balaban J connectivity index is 2.12. The van der Waals surface area contributed by atoms with Crippen molar-refractivity contribution in [3.63, 3.8) is 0 Å². The summed E-state index contributed by atoms with van der Waals surface area (Å²) in [5, 5.41) is 14.6. The number of urea groups is 1. The number of rotatable bonds is 5. The number of benzene rings is 2. The first-order valence-electron chi connectivity index (χ1n) is 7.42. The highest BCUT2D eigenvalue weighted by Crippen LogP contribution is 2.25. The van der Waals surface area contributed by atoms with Gasteiger partial charge in [-0.2, -0.15) is 5.26 Å². The van der Waals surface area contributed by atoms with Crippen molar-refractivity contribution in [2.75, 3.05) is 12.4 Å². The number of halogens is 1. The summed E-state index contributed by atoms with van der Waals surface area (Å²) in [7, 11) is 1.28. The minimum atomic E-state index is -0.639. The second kappa shape index (κ2) is 8.71. The molecule has 128 valence electrons. The van der Waals surface area contributed by atoms with Crippen LogP contribution in [0.2, 0.25) is 5.02 Å². The Kier molecular flexibility index (Phi) is 6.38. The fourth-order valence-corrected chi connectivity index (χ4v) is 2.47. The SMILES string of the molecule is COC(=O)CC(NC(=O)Nc1ccc(C#N)cc1)c1ccccc1Cl. The number of amides is 2. The van der Waals surface area contributed by atoms with E-state index in [1.165, 1.54) is 7.11 Å². The fraction of sp³-hybridized carbons (Fsp3) is 0.167. The standard InChI is InChI=1S/C18H16ClN3O3/c1-25-17(23)10-16(14-4-2-3-5-15(14)19)22-18(24)21-13-8-6-12(11-20)7-9-13/h2-9,16H,10H2,1H3,(H2,21,22,24). The predicted molar refractivity (Wildman–Crippen MR) is 94.1 cm³/mol. The first-order chi connectivity index (χ1) is 12.0. The minimum Gasteiger partial charge on any atom is -0.469 e. The molecule has 25 heavy (non-hydrogen) atoms. The predicted octanol–water partition coefficient (Wildman–Crippen LogP) is 3.64. The normalized spacial score (nSPS) is 11.1. The van der Waals surface area contributed by atoms with Gasteiger partial charge in [-0.15, -0.1) is 0 Å². The number of carbonyl (C=O) groups is 2. The van der Waals surface area contributed by atoms with Gasteiger partial charge in [-0.1, -0.05) is 29.8 Å². The van der Waals surface area contributed by atoms with Crippen LogP contribution >= 0.6 is 11.6 Å². The highest BCUT2D eigenvalue weighted by atomic mass is 35.5. The highest BCUT2D eigenvalue weighted by Gasteiger charge is 2.21. The molecule has 2 aromatic carbocycles. The molecule has 0 aliphatic heterocycles. The molecular weight excluding hydrogens is 342 g/mol. The topological polar surface area (TPSA) is 91.2 Å². The van der Waals surface area contributed by atoms with E-state index in [-0.39, 0.29) is 6.42 Å².